The van der Waals surface area contributed by atoms with Crippen molar-refractivity contribution in [2.24, 2.45) is 0 Å². The van der Waals surface area contributed by atoms with Crippen molar-refractivity contribution in [2.75, 3.05) is 13.2 Å². The van der Waals surface area contributed by atoms with Crippen LogP contribution in [0.3, 0.4) is 0 Å². The van der Waals surface area contributed by atoms with Crippen molar-refractivity contribution in [1.82, 2.24) is 5.32 Å². The summed E-state index contributed by atoms with van der Waals surface area (Å²) in [6.07, 6.45) is 47.7. The first-order valence-electron chi connectivity index (χ1n) is 27.4. The predicted octanol–water partition coefficient (Wildman–Crippen LogP) is 11.8. The van der Waals surface area contributed by atoms with E-state index >= 15 is 0 Å². The van der Waals surface area contributed by atoms with Gasteiger partial charge in [0.05, 0.1) is 25.4 Å². The lowest BCUT2D eigenvalue weighted by atomic mass is 9.99. The number of nitrogens with one attached hydrogen (secondary N) is 1. The number of aliphatic hydroxyl groups is 5. The third kappa shape index (κ3) is 34.7. The van der Waals surface area contributed by atoms with Crippen molar-refractivity contribution in [1.29, 1.82) is 0 Å². The van der Waals surface area contributed by atoms with Gasteiger partial charge in [0, 0.05) is 6.42 Å². The molecule has 0 saturated carbocycles. The Morgan fingerprint density at radius 3 is 1.61 bits per heavy atom. The number of carbonyl (C=O) groups is 2. The second kappa shape index (κ2) is 45.9. The third-order valence-electron chi connectivity index (χ3n) is 12.4. The first kappa shape index (κ1) is 63.9. The van der Waals surface area contributed by atoms with Crippen molar-refractivity contribution in [3.8, 4) is 0 Å². The second-order valence-corrected chi connectivity index (χ2v) is 18.7. The number of allylic oxidation sites excluding steroid dienone is 13. The molecule has 0 aromatic heterocycles. The topological polar surface area (TPSA) is 175 Å². The highest BCUT2D eigenvalue weighted by atomic mass is 16.7. The molecule has 6 N–H and O–H groups in total. The molecule has 0 spiro atoms. The van der Waals surface area contributed by atoms with E-state index in [0.717, 1.165) is 70.6 Å². The van der Waals surface area contributed by atoms with Crippen molar-refractivity contribution in [3.05, 3.63) is 85.1 Å². The smallest absolute Gasteiger partial charge is 0.306 e. The summed E-state index contributed by atoms with van der Waals surface area (Å²) < 4.78 is 17.5. The van der Waals surface area contributed by atoms with Crippen LogP contribution in [0.4, 0.5) is 0 Å². The van der Waals surface area contributed by atoms with Crippen molar-refractivity contribution in [2.45, 2.75) is 256 Å². The molecule has 1 rings (SSSR count). The Bertz CT molecular complexity index is 1440. The van der Waals surface area contributed by atoms with Gasteiger partial charge in [0.1, 0.15) is 24.4 Å². The molecule has 1 saturated heterocycles. The molecular weight excluding hydrogens is 871 g/mol. The monoisotopic (exact) mass is 970 g/mol. The van der Waals surface area contributed by atoms with Crippen LogP contribution in [-0.4, -0.2) is 99.6 Å². The standard InChI is InChI=1S/C58H99NO10/c1-4-7-10-13-16-19-22-25-28-30-33-36-39-42-45-51(62)57(66)59-49(50(61)44-41-38-35-32-29-26-23-20-17-14-11-8-5-2)48-67-58-56(55(65)54(64)52(47-60)68-58)69-53(63)46-43-40-37-34-31-27-24-21-18-15-12-9-6-3/h7,10,13,16,19,22,25,27-28,30-31,33,41,44,49-52,54-56,58,60-62,64-65H,4-6,8-9,11-12,14-15,17-18,20-21,23-24,26,29,32,34-40,42-43,45-48H2,1-3H3,(H,59,66)/b10-7+,16-13+,22-19-,28-25-,31-27-,33-30+,44-41+. The Kier molecular flexibility index (Phi) is 42.5. The predicted molar refractivity (Wildman–Crippen MR) is 282 cm³/mol. The summed E-state index contributed by atoms with van der Waals surface area (Å²) >= 11 is 0. The summed E-state index contributed by atoms with van der Waals surface area (Å²) in [5.41, 5.74) is 0. The molecule has 0 radical (unpaired) electrons. The first-order valence-corrected chi connectivity index (χ1v) is 27.4. The number of amides is 1. The van der Waals surface area contributed by atoms with E-state index in [1.54, 1.807) is 6.08 Å². The molecule has 8 unspecified atom stereocenters. The average Bonchev–Trinajstić information content (AvgIpc) is 3.34. The van der Waals surface area contributed by atoms with Crippen LogP contribution < -0.4 is 5.32 Å². The van der Waals surface area contributed by atoms with Crippen LogP contribution in [0, 0.1) is 0 Å². The molecule has 396 valence electrons. The number of aliphatic hydroxyl groups excluding tert-OH is 5. The fraction of sp³-hybridized carbons (Fsp3) is 0.724. The Morgan fingerprint density at radius 2 is 1.06 bits per heavy atom. The van der Waals surface area contributed by atoms with Gasteiger partial charge in [0.15, 0.2) is 12.4 Å². The van der Waals surface area contributed by atoms with E-state index in [9.17, 15) is 35.1 Å². The highest BCUT2D eigenvalue weighted by Crippen LogP contribution is 2.26. The minimum absolute atomic E-state index is 0.0940. The molecule has 1 heterocycles. The van der Waals surface area contributed by atoms with Gasteiger partial charge >= 0.3 is 5.97 Å². The maximum Gasteiger partial charge on any atom is 0.306 e. The van der Waals surface area contributed by atoms with Crippen LogP contribution in [0.5, 0.6) is 0 Å². The normalized spacial score (nSPS) is 20.5. The maximum atomic E-state index is 13.3. The molecule has 0 aromatic rings. The highest BCUT2D eigenvalue weighted by molar-refractivity contribution is 5.80. The molecule has 1 aliphatic heterocycles. The van der Waals surface area contributed by atoms with E-state index in [1.807, 2.05) is 60.8 Å². The highest BCUT2D eigenvalue weighted by Gasteiger charge is 2.47. The van der Waals surface area contributed by atoms with Gasteiger partial charge < -0.3 is 45.1 Å². The third-order valence-corrected chi connectivity index (χ3v) is 12.4. The van der Waals surface area contributed by atoms with Gasteiger partial charge in [-0.3, -0.25) is 9.59 Å². The lowest BCUT2D eigenvalue weighted by Crippen LogP contribution is -2.61. The molecule has 1 aliphatic rings. The van der Waals surface area contributed by atoms with E-state index in [-0.39, 0.29) is 19.4 Å². The minimum Gasteiger partial charge on any atom is -0.454 e. The average molecular weight is 970 g/mol. The Morgan fingerprint density at radius 1 is 0.580 bits per heavy atom. The lowest BCUT2D eigenvalue weighted by molar-refractivity contribution is -0.305. The van der Waals surface area contributed by atoms with Gasteiger partial charge in [-0.15, -0.1) is 0 Å². The van der Waals surface area contributed by atoms with Gasteiger partial charge in [-0.05, 0) is 70.6 Å². The Balaban J connectivity index is 2.83. The van der Waals surface area contributed by atoms with E-state index < -0.39 is 67.4 Å². The van der Waals surface area contributed by atoms with E-state index in [1.165, 1.54) is 89.9 Å². The molecule has 11 nitrogen and oxygen atoms in total. The van der Waals surface area contributed by atoms with Crippen molar-refractivity contribution >= 4 is 11.9 Å². The molecule has 0 bridgehead atoms. The van der Waals surface area contributed by atoms with Crippen LogP contribution >= 0.6 is 0 Å². The molecule has 69 heavy (non-hydrogen) atoms. The van der Waals surface area contributed by atoms with Crippen LogP contribution in [0.1, 0.15) is 207 Å². The summed E-state index contributed by atoms with van der Waals surface area (Å²) in [4.78, 5) is 26.4. The number of carbonyl (C=O) groups excluding carboxylic acids is 2. The fourth-order valence-electron chi connectivity index (χ4n) is 8.02. The van der Waals surface area contributed by atoms with E-state index in [4.69, 9.17) is 14.2 Å². The Labute approximate surface area is 419 Å². The van der Waals surface area contributed by atoms with Gasteiger partial charge in [-0.2, -0.15) is 0 Å². The zero-order valence-corrected chi connectivity index (χ0v) is 43.4. The molecule has 11 heteroatoms. The maximum absolute atomic E-state index is 13.3. The number of esters is 1. The molecular formula is C58H99NO10. The largest absolute Gasteiger partial charge is 0.454 e. The Hall–Kier alpha value is -3.16. The molecule has 1 fully saturated rings. The fourth-order valence-corrected chi connectivity index (χ4v) is 8.02. The van der Waals surface area contributed by atoms with E-state index in [2.05, 4.69) is 44.3 Å². The number of unbranched alkanes of at least 4 members (excludes halogenated alkanes) is 22. The summed E-state index contributed by atoms with van der Waals surface area (Å²) in [6, 6.07) is -1.05. The summed E-state index contributed by atoms with van der Waals surface area (Å²) in [5.74, 6) is -1.26. The summed E-state index contributed by atoms with van der Waals surface area (Å²) in [5, 5.41) is 56.6. The van der Waals surface area contributed by atoms with E-state index in [0.29, 0.717) is 12.8 Å². The number of hydrogen-bond acceptors (Lipinski definition) is 10. The first-order chi connectivity index (χ1) is 33.7. The van der Waals surface area contributed by atoms with Crippen LogP contribution in [0.15, 0.2) is 85.1 Å². The summed E-state index contributed by atoms with van der Waals surface area (Å²) in [7, 11) is 0. The lowest BCUT2D eigenvalue weighted by Gasteiger charge is -2.41. The molecule has 0 aromatic carbocycles. The quantitative estimate of drug-likeness (QED) is 0.0149. The molecule has 8 atom stereocenters. The van der Waals surface area contributed by atoms with Crippen LogP contribution in [-0.2, 0) is 23.8 Å². The minimum atomic E-state index is -1.63. The van der Waals surface area contributed by atoms with Gasteiger partial charge in [-0.25, -0.2) is 0 Å². The molecule has 1 amide bonds. The van der Waals surface area contributed by atoms with Gasteiger partial charge in [-0.1, -0.05) is 215 Å². The van der Waals surface area contributed by atoms with Crippen LogP contribution in [0.2, 0.25) is 0 Å². The number of ether oxygens (including phenoxy) is 3. The SMILES string of the molecule is CC/C=C/C=C/C=C\C=C/C=C/CCCCC(O)C(=O)NC(COC1OC(CO)C(O)C(O)C1OC(=O)CCCCC/C=C\CCCCCCCC)C(O)/C=C/CCCCCCCCCCCCC. The second-order valence-electron chi connectivity index (χ2n) is 18.7. The number of hydrogen-bond donors (Lipinski definition) is 6. The van der Waals surface area contributed by atoms with Crippen molar-refractivity contribution in [3.63, 3.8) is 0 Å². The van der Waals surface area contributed by atoms with Gasteiger partial charge in [0.25, 0.3) is 0 Å². The zero-order valence-electron chi connectivity index (χ0n) is 43.4. The summed E-state index contributed by atoms with van der Waals surface area (Å²) in [6.45, 7) is 5.57. The van der Waals surface area contributed by atoms with Gasteiger partial charge in [0.2, 0.25) is 5.91 Å². The number of rotatable bonds is 44. The molecule has 0 aliphatic carbocycles. The van der Waals surface area contributed by atoms with Crippen LogP contribution in [0.25, 0.3) is 0 Å². The zero-order chi connectivity index (χ0) is 50.4. The van der Waals surface area contributed by atoms with Crippen molar-refractivity contribution < 1.29 is 49.3 Å².